The lowest BCUT2D eigenvalue weighted by molar-refractivity contribution is 0.0601. The van der Waals surface area contributed by atoms with Gasteiger partial charge in [0.15, 0.2) is 5.11 Å². The molecule has 0 aliphatic rings. The number of rotatable bonds is 7. The molecule has 0 radical (unpaired) electrons. The lowest BCUT2D eigenvalue weighted by Gasteiger charge is -2.11. The van der Waals surface area contributed by atoms with Crippen LogP contribution in [0.25, 0.3) is 0 Å². The SMILES string of the molecule is COC(=O)c1cccc(NC(=S)NCCSCc2ccccc2C)c1. The highest BCUT2D eigenvalue weighted by Gasteiger charge is 2.06. The van der Waals surface area contributed by atoms with Gasteiger partial charge in [0, 0.05) is 23.7 Å². The number of esters is 1. The van der Waals surface area contributed by atoms with Crippen LogP contribution >= 0.6 is 24.0 Å². The molecule has 2 rings (SSSR count). The minimum Gasteiger partial charge on any atom is -0.465 e. The highest BCUT2D eigenvalue weighted by molar-refractivity contribution is 7.98. The zero-order valence-corrected chi connectivity index (χ0v) is 16.0. The van der Waals surface area contributed by atoms with Crippen molar-refractivity contribution in [3.63, 3.8) is 0 Å². The van der Waals surface area contributed by atoms with Crippen molar-refractivity contribution in [2.75, 3.05) is 24.7 Å². The summed E-state index contributed by atoms with van der Waals surface area (Å²) in [5.41, 5.74) is 3.94. The number of aryl methyl sites for hydroxylation is 1. The molecule has 0 aromatic heterocycles. The third-order valence-electron chi connectivity index (χ3n) is 3.59. The molecule has 0 heterocycles. The number of methoxy groups -OCH3 is 1. The van der Waals surface area contributed by atoms with E-state index >= 15 is 0 Å². The van der Waals surface area contributed by atoms with Crippen LogP contribution in [0.3, 0.4) is 0 Å². The van der Waals surface area contributed by atoms with Gasteiger partial charge in [-0.3, -0.25) is 0 Å². The van der Waals surface area contributed by atoms with Gasteiger partial charge in [-0.2, -0.15) is 11.8 Å². The molecule has 25 heavy (non-hydrogen) atoms. The number of hydrogen-bond donors (Lipinski definition) is 2. The molecule has 2 N–H and O–H groups in total. The fraction of sp³-hybridized carbons (Fsp3) is 0.263. The fourth-order valence-electron chi connectivity index (χ4n) is 2.21. The molecule has 0 atom stereocenters. The summed E-state index contributed by atoms with van der Waals surface area (Å²) < 4.78 is 4.71. The smallest absolute Gasteiger partial charge is 0.337 e. The van der Waals surface area contributed by atoms with Crippen LogP contribution in [-0.2, 0) is 10.5 Å². The van der Waals surface area contributed by atoms with Crippen LogP contribution in [0.1, 0.15) is 21.5 Å². The zero-order valence-electron chi connectivity index (χ0n) is 14.4. The summed E-state index contributed by atoms with van der Waals surface area (Å²) in [7, 11) is 1.36. The van der Waals surface area contributed by atoms with Crippen LogP contribution in [0.15, 0.2) is 48.5 Å². The van der Waals surface area contributed by atoms with Crippen molar-refractivity contribution >= 4 is 40.7 Å². The standard InChI is InChI=1S/C19H22N2O2S2/c1-14-6-3-4-7-16(14)13-25-11-10-20-19(24)21-17-9-5-8-15(12-17)18(22)23-2/h3-9,12H,10-11,13H2,1-2H3,(H2,20,21,24). The molecule has 4 nitrogen and oxygen atoms in total. The van der Waals surface area contributed by atoms with E-state index in [2.05, 4.69) is 41.8 Å². The fourth-order valence-corrected chi connectivity index (χ4v) is 3.36. The summed E-state index contributed by atoms with van der Waals surface area (Å²) in [5, 5.41) is 6.80. The van der Waals surface area contributed by atoms with E-state index in [-0.39, 0.29) is 5.97 Å². The van der Waals surface area contributed by atoms with Gasteiger partial charge >= 0.3 is 5.97 Å². The molecule has 0 fully saturated rings. The molecule has 0 spiro atoms. The second-order valence-corrected chi connectivity index (χ2v) is 6.95. The van der Waals surface area contributed by atoms with E-state index in [0.29, 0.717) is 10.7 Å². The summed E-state index contributed by atoms with van der Waals surface area (Å²) in [6, 6.07) is 15.5. The maximum atomic E-state index is 11.5. The number of anilines is 1. The molecule has 6 heteroatoms. The Bertz CT molecular complexity index is 735. The van der Waals surface area contributed by atoms with E-state index in [1.54, 1.807) is 18.2 Å². The number of carbonyl (C=O) groups excluding carboxylic acids is 1. The molecule has 0 bridgehead atoms. The van der Waals surface area contributed by atoms with Crippen LogP contribution in [0.5, 0.6) is 0 Å². The molecule has 0 saturated heterocycles. The van der Waals surface area contributed by atoms with Gasteiger partial charge in [-0.1, -0.05) is 30.3 Å². The summed E-state index contributed by atoms with van der Waals surface area (Å²) >= 11 is 7.16. The topological polar surface area (TPSA) is 50.4 Å². The Balaban J connectivity index is 1.71. The number of hydrogen-bond acceptors (Lipinski definition) is 4. The first-order chi connectivity index (χ1) is 12.1. The molecule has 2 aromatic carbocycles. The summed E-state index contributed by atoms with van der Waals surface area (Å²) in [6.07, 6.45) is 0. The summed E-state index contributed by atoms with van der Waals surface area (Å²) in [4.78, 5) is 11.5. The number of carbonyl (C=O) groups is 1. The molecular formula is C19H22N2O2S2. The second kappa shape index (κ2) is 10.1. The lowest BCUT2D eigenvalue weighted by Crippen LogP contribution is -2.30. The van der Waals surface area contributed by atoms with Gasteiger partial charge in [0.1, 0.15) is 0 Å². The van der Waals surface area contributed by atoms with Crippen LogP contribution in [-0.4, -0.2) is 30.5 Å². The van der Waals surface area contributed by atoms with Crippen molar-refractivity contribution in [3.8, 4) is 0 Å². The van der Waals surface area contributed by atoms with E-state index in [0.717, 1.165) is 23.7 Å². The molecule has 0 aliphatic heterocycles. The first-order valence-electron chi connectivity index (χ1n) is 7.95. The molecule has 132 valence electrons. The third-order valence-corrected chi connectivity index (χ3v) is 4.85. The van der Waals surface area contributed by atoms with Crippen molar-refractivity contribution in [1.29, 1.82) is 0 Å². The highest BCUT2D eigenvalue weighted by atomic mass is 32.2. The zero-order chi connectivity index (χ0) is 18.1. The van der Waals surface area contributed by atoms with Crippen LogP contribution in [0.2, 0.25) is 0 Å². The van der Waals surface area contributed by atoms with Crippen LogP contribution in [0, 0.1) is 6.92 Å². The van der Waals surface area contributed by atoms with Crippen molar-refractivity contribution < 1.29 is 9.53 Å². The Morgan fingerprint density at radius 3 is 2.76 bits per heavy atom. The molecule has 0 saturated carbocycles. The van der Waals surface area contributed by atoms with Crippen molar-refractivity contribution in [2.24, 2.45) is 0 Å². The highest BCUT2D eigenvalue weighted by Crippen LogP contribution is 2.15. The Kier molecular flexibility index (Phi) is 7.76. The van der Waals surface area contributed by atoms with Gasteiger partial charge in [0.05, 0.1) is 12.7 Å². The van der Waals surface area contributed by atoms with E-state index < -0.39 is 0 Å². The van der Waals surface area contributed by atoms with Crippen molar-refractivity contribution in [3.05, 3.63) is 65.2 Å². The minimum atomic E-state index is -0.366. The maximum absolute atomic E-state index is 11.5. The molecule has 0 amide bonds. The Morgan fingerprint density at radius 2 is 2.00 bits per heavy atom. The number of thioether (sulfide) groups is 1. The van der Waals surface area contributed by atoms with Gasteiger partial charge in [0.25, 0.3) is 0 Å². The lowest BCUT2D eigenvalue weighted by atomic mass is 10.1. The maximum Gasteiger partial charge on any atom is 0.337 e. The number of benzene rings is 2. The van der Waals surface area contributed by atoms with E-state index in [1.807, 2.05) is 17.8 Å². The molecule has 2 aromatic rings. The first-order valence-corrected chi connectivity index (χ1v) is 9.52. The number of ether oxygens (including phenoxy) is 1. The quantitative estimate of drug-likeness (QED) is 0.434. The van der Waals surface area contributed by atoms with Gasteiger partial charge < -0.3 is 15.4 Å². The summed E-state index contributed by atoms with van der Waals surface area (Å²) in [6.45, 7) is 2.91. The average Bonchev–Trinajstić information content (AvgIpc) is 2.62. The van der Waals surface area contributed by atoms with Gasteiger partial charge in [0.2, 0.25) is 0 Å². The largest absolute Gasteiger partial charge is 0.465 e. The minimum absolute atomic E-state index is 0.366. The van der Waals surface area contributed by atoms with Crippen LogP contribution in [0.4, 0.5) is 5.69 Å². The van der Waals surface area contributed by atoms with E-state index in [1.165, 1.54) is 18.2 Å². The first kappa shape index (κ1) is 19.3. The van der Waals surface area contributed by atoms with Crippen molar-refractivity contribution in [2.45, 2.75) is 12.7 Å². The Labute approximate surface area is 158 Å². The molecular weight excluding hydrogens is 352 g/mol. The Hall–Kier alpha value is -2.05. The number of nitrogens with one attached hydrogen (secondary N) is 2. The predicted octanol–water partition coefficient (Wildman–Crippen LogP) is 4.00. The molecule has 0 aliphatic carbocycles. The normalized spacial score (nSPS) is 10.2. The van der Waals surface area contributed by atoms with E-state index in [9.17, 15) is 4.79 Å². The Morgan fingerprint density at radius 1 is 1.20 bits per heavy atom. The molecule has 0 unspecified atom stereocenters. The van der Waals surface area contributed by atoms with Crippen LogP contribution < -0.4 is 10.6 Å². The predicted molar refractivity (Wildman–Crippen MR) is 109 cm³/mol. The van der Waals surface area contributed by atoms with Crippen molar-refractivity contribution in [1.82, 2.24) is 5.32 Å². The third kappa shape index (κ3) is 6.40. The number of thiocarbonyl (C=S) groups is 1. The van der Waals surface area contributed by atoms with Gasteiger partial charge in [-0.15, -0.1) is 0 Å². The second-order valence-electron chi connectivity index (χ2n) is 5.43. The average molecular weight is 375 g/mol. The van der Waals surface area contributed by atoms with E-state index in [4.69, 9.17) is 17.0 Å². The van der Waals surface area contributed by atoms with Gasteiger partial charge in [-0.25, -0.2) is 4.79 Å². The van der Waals surface area contributed by atoms with Gasteiger partial charge in [-0.05, 0) is 48.5 Å². The monoisotopic (exact) mass is 374 g/mol. The summed E-state index contributed by atoms with van der Waals surface area (Å²) in [5.74, 6) is 1.59.